The first kappa shape index (κ1) is 15.0. The topological polar surface area (TPSA) is 3.24 Å². The van der Waals surface area contributed by atoms with Gasteiger partial charge in [-0.15, -0.1) is 0 Å². The van der Waals surface area contributed by atoms with Gasteiger partial charge in [0.15, 0.2) is 0 Å². The monoisotopic (exact) mass is 213 g/mol. The van der Waals surface area contributed by atoms with E-state index in [4.69, 9.17) is 0 Å². The highest BCUT2D eigenvalue weighted by Gasteiger charge is 2.37. The van der Waals surface area contributed by atoms with Crippen LogP contribution in [0.1, 0.15) is 67.7 Å². The fourth-order valence-corrected chi connectivity index (χ4v) is 2.11. The summed E-state index contributed by atoms with van der Waals surface area (Å²) < 4.78 is 0. The Labute approximate surface area is 97.2 Å². The predicted molar refractivity (Wildman–Crippen MR) is 70.3 cm³/mol. The summed E-state index contributed by atoms with van der Waals surface area (Å²) in [7, 11) is 2.25. The third-order valence-electron chi connectivity index (χ3n) is 3.39. The summed E-state index contributed by atoms with van der Waals surface area (Å²) in [6, 6.07) is 0. The molecule has 1 aliphatic heterocycles. The first-order chi connectivity index (χ1) is 6.59. The fraction of sp³-hybridized carbons (Fsp3) is 1.00. The molecule has 1 aliphatic rings. The Morgan fingerprint density at radius 2 is 1.13 bits per heavy atom. The van der Waals surface area contributed by atoms with Gasteiger partial charge in [-0.2, -0.15) is 0 Å². The first-order valence-corrected chi connectivity index (χ1v) is 6.33. The molecule has 15 heavy (non-hydrogen) atoms. The molecule has 0 amide bonds. The molecule has 0 saturated carbocycles. The maximum absolute atomic E-state index is 2.52. The average Bonchev–Trinajstić information content (AvgIpc) is 1.98. The van der Waals surface area contributed by atoms with Gasteiger partial charge in [-0.25, -0.2) is 0 Å². The Morgan fingerprint density at radius 1 is 0.867 bits per heavy atom. The van der Waals surface area contributed by atoms with Crippen molar-refractivity contribution in [1.29, 1.82) is 0 Å². The Hall–Kier alpha value is -0.0400. The number of rotatable bonds is 0. The second-order valence-electron chi connectivity index (χ2n) is 6.77. The first-order valence-electron chi connectivity index (χ1n) is 6.33. The number of piperidine rings is 1. The average molecular weight is 213 g/mol. The van der Waals surface area contributed by atoms with Gasteiger partial charge in [0, 0.05) is 11.1 Å². The fourth-order valence-electron chi connectivity index (χ4n) is 2.11. The van der Waals surface area contributed by atoms with Crippen LogP contribution in [0, 0.1) is 5.92 Å². The van der Waals surface area contributed by atoms with E-state index in [1.165, 1.54) is 19.3 Å². The highest BCUT2D eigenvalue weighted by atomic mass is 15.2. The molecular formula is C14H31N. The van der Waals surface area contributed by atoms with Crippen LogP contribution in [0.3, 0.4) is 0 Å². The molecule has 0 aromatic rings. The van der Waals surface area contributed by atoms with Crippen LogP contribution < -0.4 is 0 Å². The summed E-state index contributed by atoms with van der Waals surface area (Å²) in [4.78, 5) is 2.52. The molecule has 0 unspecified atom stereocenters. The van der Waals surface area contributed by atoms with Crippen molar-refractivity contribution in [3.63, 3.8) is 0 Å². The molecule has 0 aliphatic carbocycles. The summed E-state index contributed by atoms with van der Waals surface area (Å²) in [6.45, 7) is 15.9. The van der Waals surface area contributed by atoms with Crippen LogP contribution >= 0.6 is 0 Å². The number of nitrogens with zero attached hydrogens (tertiary/aromatic N) is 1. The lowest BCUT2D eigenvalue weighted by Gasteiger charge is -2.50. The van der Waals surface area contributed by atoms with Crippen LogP contribution in [-0.2, 0) is 0 Å². The Balaban J connectivity index is 0.000000423. The summed E-state index contributed by atoms with van der Waals surface area (Å²) >= 11 is 0. The zero-order chi connectivity index (χ0) is 12.3. The van der Waals surface area contributed by atoms with Gasteiger partial charge in [0.25, 0.3) is 0 Å². The summed E-state index contributed by atoms with van der Waals surface area (Å²) in [5.41, 5.74) is 0.809. The van der Waals surface area contributed by atoms with Crippen LogP contribution in [0.15, 0.2) is 0 Å². The van der Waals surface area contributed by atoms with Gasteiger partial charge >= 0.3 is 0 Å². The molecule has 0 aromatic heterocycles. The number of hydrogen-bond donors (Lipinski definition) is 0. The molecule has 0 atom stereocenters. The largest absolute Gasteiger partial charge is 0.296 e. The van der Waals surface area contributed by atoms with Crippen molar-refractivity contribution < 1.29 is 0 Å². The lowest BCUT2D eigenvalue weighted by Crippen LogP contribution is -2.56. The van der Waals surface area contributed by atoms with Crippen molar-refractivity contribution in [2.75, 3.05) is 7.05 Å². The summed E-state index contributed by atoms with van der Waals surface area (Å²) in [5, 5.41) is 0. The standard InChI is InChI=1S/C10H21N.C4H10/c1-9(2)7-6-8-10(3,4)11(9)5;1-4(2)3/h6-8H2,1-5H3;4H,1-3H3. The van der Waals surface area contributed by atoms with Gasteiger partial charge in [0.2, 0.25) is 0 Å². The van der Waals surface area contributed by atoms with E-state index in [-0.39, 0.29) is 0 Å². The van der Waals surface area contributed by atoms with Crippen molar-refractivity contribution >= 4 is 0 Å². The summed E-state index contributed by atoms with van der Waals surface area (Å²) in [5.74, 6) is 0.833. The van der Waals surface area contributed by atoms with Gasteiger partial charge < -0.3 is 0 Å². The van der Waals surface area contributed by atoms with Crippen LogP contribution in [0.2, 0.25) is 0 Å². The number of hydrogen-bond acceptors (Lipinski definition) is 1. The van der Waals surface area contributed by atoms with Crippen molar-refractivity contribution in [2.24, 2.45) is 5.92 Å². The van der Waals surface area contributed by atoms with E-state index in [0.717, 1.165) is 5.92 Å². The SMILES string of the molecule is CC(C)C.CN1C(C)(C)CCCC1(C)C. The third-order valence-corrected chi connectivity index (χ3v) is 3.39. The molecule has 1 saturated heterocycles. The Bertz CT molecular complexity index is 161. The van der Waals surface area contributed by atoms with E-state index in [1.54, 1.807) is 0 Å². The Kier molecular flexibility index (Phi) is 5.32. The third kappa shape index (κ3) is 5.01. The lowest BCUT2D eigenvalue weighted by molar-refractivity contribution is -0.00199. The van der Waals surface area contributed by atoms with Crippen LogP contribution in [0.25, 0.3) is 0 Å². The van der Waals surface area contributed by atoms with E-state index in [1.807, 2.05) is 0 Å². The number of likely N-dealkylation sites (tertiary alicyclic amines) is 1. The molecule has 0 N–H and O–H groups in total. The molecule has 1 heterocycles. The van der Waals surface area contributed by atoms with Crippen molar-refractivity contribution in [3.05, 3.63) is 0 Å². The normalized spacial score (nSPS) is 24.6. The molecule has 0 spiro atoms. The molecule has 1 rings (SSSR count). The molecule has 0 bridgehead atoms. The van der Waals surface area contributed by atoms with Gasteiger partial charge in [-0.3, -0.25) is 4.90 Å². The highest BCUT2D eigenvalue weighted by Crippen LogP contribution is 2.36. The summed E-state index contributed by atoms with van der Waals surface area (Å²) in [6.07, 6.45) is 4.06. The minimum absolute atomic E-state index is 0.405. The highest BCUT2D eigenvalue weighted by molar-refractivity contribution is 4.94. The second-order valence-corrected chi connectivity index (χ2v) is 6.77. The maximum atomic E-state index is 2.52. The van der Waals surface area contributed by atoms with Crippen molar-refractivity contribution in [2.45, 2.75) is 78.8 Å². The minimum Gasteiger partial charge on any atom is -0.296 e. The van der Waals surface area contributed by atoms with E-state index < -0.39 is 0 Å². The molecule has 1 fully saturated rings. The molecule has 1 heteroatoms. The van der Waals surface area contributed by atoms with Crippen LogP contribution in [-0.4, -0.2) is 23.0 Å². The second kappa shape index (κ2) is 5.34. The van der Waals surface area contributed by atoms with Gasteiger partial charge in [0.05, 0.1) is 0 Å². The molecular weight excluding hydrogens is 182 g/mol. The zero-order valence-corrected chi connectivity index (χ0v) is 12.1. The quantitative estimate of drug-likeness (QED) is 0.579. The van der Waals surface area contributed by atoms with E-state index in [2.05, 4.69) is 60.4 Å². The smallest absolute Gasteiger partial charge is 0.0155 e. The van der Waals surface area contributed by atoms with E-state index in [9.17, 15) is 0 Å². The van der Waals surface area contributed by atoms with Crippen molar-refractivity contribution in [3.8, 4) is 0 Å². The van der Waals surface area contributed by atoms with Gasteiger partial charge in [-0.1, -0.05) is 20.8 Å². The van der Waals surface area contributed by atoms with Gasteiger partial charge in [-0.05, 0) is 59.9 Å². The van der Waals surface area contributed by atoms with Crippen LogP contribution in [0.5, 0.6) is 0 Å². The molecule has 92 valence electrons. The zero-order valence-electron chi connectivity index (χ0n) is 12.1. The Morgan fingerprint density at radius 3 is 1.33 bits per heavy atom. The molecule has 0 aromatic carbocycles. The molecule has 1 nitrogen and oxygen atoms in total. The molecule has 0 radical (unpaired) electrons. The lowest BCUT2D eigenvalue weighted by atomic mass is 9.80. The minimum atomic E-state index is 0.405. The van der Waals surface area contributed by atoms with E-state index in [0.29, 0.717) is 11.1 Å². The van der Waals surface area contributed by atoms with Crippen molar-refractivity contribution in [1.82, 2.24) is 4.90 Å². The van der Waals surface area contributed by atoms with E-state index >= 15 is 0 Å². The maximum Gasteiger partial charge on any atom is 0.0155 e. The van der Waals surface area contributed by atoms with Crippen LogP contribution in [0.4, 0.5) is 0 Å². The predicted octanol–water partition coefficient (Wildman–Crippen LogP) is 4.32. The van der Waals surface area contributed by atoms with Gasteiger partial charge in [0.1, 0.15) is 0 Å².